The van der Waals surface area contributed by atoms with Crippen LogP contribution in [-0.2, 0) is 9.47 Å². The molecule has 0 aromatic rings. The number of hydrogen-bond donors (Lipinski definition) is 2. The van der Waals surface area contributed by atoms with E-state index in [9.17, 15) is 5.11 Å². The first-order valence-corrected chi connectivity index (χ1v) is 4.73. The first-order chi connectivity index (χ1) is 6.26. The van der Waals surface area contributed by atoms with Gasteiger partial charge in [-0.25, -0.2) is 0 Å². The topological polar surface area (TPSA) is 58.9 Å². The molecule has 1 unspecified atom stereocenters. The molecule has 1 saturated carbocycles. The van der Waals surface area contributed by atoms with Crippen molar-refractivity contribution in [2.45, 2.75) is 44.2 Å². The third-order valence-electron chi connectivity index (χ3n) is 2.40. The van der Waals surface area contributed by atoms with Gasteiger partial charge in [0.2, 0.25) is 0 Å². The smallest absolute Gasteiger partial charge is 0.180 e. The van der Waals surface area contributed by atoms with Crippen LogP contribution in [0.25, 0.3) is 0 Å². The molecular weight excluding hydrogens is 399 g/mol. The van der Waals surface area contributed by atoms with Gasteiger partial charge in [0.1, 0.15) is 0 Å². The molecule has 2 N–H and O–H groups in total. The maximum atomic E-state index is 9.24. The van der Waals surface area contributed by atoms with Gasteiger partial charge in [0.05, 0.1) is 18.8 Å². The van der Waals surface area contributed by atoms with E-state index in [2.05, 4.69) is 0 Å². The summed E-state index contributed by atoms with van der Waals surface area (Å²) in [6, 6.07) is 0. The van der Waals surface area contributed by atoms with Gasteiger partial charge >= 0.3 is 0 Å². The van der Waals surface area contributed by atoms with Crippen molar-refractivity contribution in [2.75, 3.05) is 13.7 Å². The largest absolute Gasteiger partial charge is 0.393 e. The minimum atomic E-state index is -0.514. The summed E-state index contributed by atoms with van der Waals surface area (Å²) >= 11 is 0. The zero-order valence-corrected chi connectivity index (χ0v) is 13.3. The number of hydrogen-bond acceptors (Lipinski definition) is 4. The maximum absolute atomic E-state index is 9.24. The van der Waals surface area contributed by atoms with E-state index in [-0.39, 0.29) is 62.9 Å². The van der Waals surface area contributed by atoms with Gasteiger partial charge in [-0.05, 0) is 25.7 Å². The fraction of sp³-hybridized carbons (Fsp3) is 1.00. The number of aliphatic hydroxyl groups is 2. The molecule has 0 amide bonds. The molecule has 0 heterocycles. The van der Waals surface area contributed by atoms with Crippen molar-refractivity contribution in [1.82, 2.24) is 0 Å². The van der Waals surface area contributed by atoms with Gasteiger partial charge in [-0.3, -0.25) is 0 Å². The van der Waals surface area contributed by atoms with Crippen molar-refractivity contribution in [3.8, 4) is 0 Å². The molecule has 1 aliphatic carbocycles. The Labute approximate surface area is 121 Å². The van der Waals surface area contributed by atoms with Gasteiger partial charge in [-0.1, -0.05) is 0 Å². The van der Waals surface area contributed by atoms with Gasteiger partial charge in [0.15, 0.2) is 6.29 Å². The molecule has 14 heavy (non-hydrogen) atoms. The van der Waals surface area contributed by atoms with E-state index < -0.39 is 6.29 Å². The quantitative estimate of drug-likeness (QED) is 0.646. The second kappa shape index (κ2) is 8.44. The van der Waals surface area contributed by atoms with Gasteiger partial charge in [0, 0.05) is 51.2 Å². The fourth-order valence-corrected chi connectivity index (χ4v) is 1.57. The van der Waals surface area contributed by atoms with Gasteiger partial charge in [0.25, 0.3) is 0 Å². The van der Waals surface area contributed by atoms with Crippen molar-refractivity contribution in [3.05, 3.63) is 0 Å². The summed E-state index contributed by atoms with van der Waals surface area (Å²) in [4.78, 5) is 0. The van der Waals surface area contributed by atoms with Crippen LogP contribution in [0.1, 0.15) is 25.7 Å². The average Bonchev–Trinajstić information content (AvgIpc) is 2.17. The first kappa shape index (κ1) is 15.3. The Morgan fingerprint density at radius 3 is 2.29 bits per heavy atom. The summed E-state index contributed by atoms with van der Waals surface area (Å²) in [6.45, 7) is -0.116. The molecule has 5 heteroatoms. The van der Waals surface area contributed by atoms with Crippen LogP contribution in [0.3, 0.4) is 0 Å². The van der Waals surface area contributed by atoms with E-state index in [0.29, 0.717) is 0 Å². The van der Waals surface area contributed by atoms with Crippen LogP contribution in [0.2, 0.25) is 0 Å². The Morgan fingerprint density at radius 1 is 1.29 bits per heavy atom. The minimum Gasteiger partial charge on any atom is -0.393 e. The van der Waals surface area contributed by atoms with Crippen LogP contribution < -0.4 is 0 Å². The van der Waals surface area contributed by atoms with E-state index >= 15 is 0 Å². The van der Waals surface area contributed by atoms with E-state index in [1.165, 1.54) is 7.11 Å². The summed E-state index contributed by atoms with van der Waals surface area (Å²) in [6.07, 6.45) is 2.71. The van der Waals surface area contributed by atoms with E-state index in [0.717, 1.165) is 25.7 Å². The third kappa shape index (κ3) is 5.39. The predicted octanol–water partition coefficient (Wildman–Crippen LogP) is 0.271. The minimum absolute atomic E-state index is 0. The van der Waals surface area contributed by atoms with Crippen LogP contribution >= 0.6 is 0 Å². The maximum Gasteiger partial charge on any atom is 0.180 e. The van der Waals surface area contributed by atoms with Crippen molar-refractivity contribution < 1.29 is 63.7 Å². The summed E-state index contributed by atoms with van der Waals surface area (Å²) < 4.78 is 10.3. The van der Waals surface area contributed by atoms with Crippen LogP contribution in [-0.4, -0.2) is 42.4 Å². The predicted molar refractivity (Wildman–Crippen MR) is 47.2 cm³/mol. The third-order valence-corrected chi connectivity index (χ3v) is 2.40. The number of methoxy groups -OCH3 is 1. The number of rotatable bonds is 4. The van der Waals surface area contributed by atoms with Crippen molar-refractivity contribution in [1.29, 1.82) is 0 Å². The summed E-state index contributed by atoms with van der Waals surface area (Å²) in [5, 5.41) is 18.0. The van der Waals surface area contributed by atoms with Gasteiger partial charge in [-0.15, -0.1) is 0 Å². The molecule has 1 atom stereocenters. The Hall–Kier alpha value is 1.28. The van der Waals surface area contributed by atoms with Gasteiger partial charge < -0.3 is 19.7 Å². The van der Waals surface area contributed by atoms with Crippen molar-refractivity contribution in [2.24, 2.45) is 0 Å². The van der Waals surface area contributed by atoms with E-state index in [4.69, 9.17) is 14.6 Å². The molecule has 0 bridgehead atoms. The molecule has 0 aromatic carbocycles. The standard InChI is InChI=1S/C9H18O4.Ac/c1-12-9(6-10)13-8-4-2-7(11)3-5-8;/h7-11H,2-6H2,1H3;. The van der Waals surface area contributed by atoms with Crippen LogP contribution in [0, 0.1) is 44.1 Å². The monoisotopic (exact) mass is 417 g/mol. The molecular formula is C9H18AcO4. The molecule has 1 rings (SSSR count). The molecule has 0 saturated heterocycles. The van der Waals surface area contributed by atoms with Crippen LogP contribution in [0.4, 0.5) is 0 Å². The first-order valence-electron chi connectivity index (χ1n) is 4.73. The van der Waals surface area contributed by atoms with Crippen molar-refractivity contribution in [3.63, 3.8) is 0 Å². The molecule has 4 nitrogen and oxygen atoms in total. The molecule has 1 radical (unpaired) electrons. The fourth-order valence-electron chi connectivity index (χ4n) is 1.57. The molecule has 1 aliphatic rings. The van der Waals surface area contributed by atoms with Crippen molar-refractivity contribution >= 4 is 0 Å². The van der Waals surface area contributed by atoms with Crippen LogP contribution in [0.15, 0.2) is 0 Å². The second-order valence-electron chi connectivity index (χ2n) is 3.41. The summed E-state index contributed by atoms with van der Waals surface area (Å²) in [5.74, 6) is 0. The average molecular weight is 417 g/mol. The second-order valence-corrected chi connectivity index (χ2v) is 3.41. The number of ether oxygens (including phenoxy) is 2. The Kier molecular flexibility index (Phi) is 9.21. The van der Waals surface area contributed by atoms with E-state index in [1.54, 1.807) is 0 Å². The SMILES string of the molecule is COC(CO)OC1CCC(O)CC1.[Ac]. The zero-order chi connectivity index (χ0) is 9.68. The molecule has 0 aromatic heterocycles. The summed E-state index contributed by atoms with van der Waals surface area (Å²) in [5.41, 5.74) is 0. The Morgan fingerprint density at radius 2 is 1.86 bits per heavy atom. The molecule has 81 valence electrons. The molecule has 0 spiro atoms. The van der Waals surface area contributed by atoms with Crippen LogP contribution in [0.5, 0.6) is 0 Å². The number of aliphatic hydroxyl groups excluding tert-OH is 2. The van der Waals surface area contributed by atoms with Gasteiger partial charge in [-0.2, -0.15) is 0 Å². The van der Waals surface area contributed by atoms with E-state index in [1.807, 2.05) is 0 Å². The summed E-state index contributed by atoms with van der Waals surface area (Å²) in [7, 11) is 1.51. The molecule has 0 aliphatic heterocycles. The zero-order valence-electron chi connectivity index (χ0n) is 8.56. The molecule has 1 fully saturated rings. The normalized spacial score (nSPS) is 29.4. The Balaban J connectivity index is 0.00000169. The Bertz CT molecular complexity index is 133.